The third kappa shape index (κ3) is 6.68. The van der Waals surface area contributed by atoms with Gasteiger partial charge in [0, 0.05) is 0 Å². The second kappa shape index (κ2) is 10.6. The van der Waals surface area contributed by atoms with E-state index in [0.29, 0.717) is 12.8 Å². The first kappa shape index (κ1) is 18.9. The van der Waals surface area contributed by atoms with E-state index in [0.717, 1.165) is 18.4 Å². The van der Waals surface area contributed by atoms with Gasteiger partial charge in [0.15, 0.2) is 5.92 Å². The van der Waals surface area contributed by atoms with Crippen molar-refractivity contribution in [1.82, 2.24) is 0 Å². The molecule has 1 aromatic carbocycles. The minimum Gasteiger partial charge on any atom is -0.465 e. The predicted octanol–water partition coefficient (Wildman–Crippen LogP) is 3.48. The summed E-state index contributed by atoms with van der Waals surface area (Å²) >= 11 is 0. The average Bonchev–Trinajstić information content (AvgIpc) is 2.55. The van der Waals surface area contributed by atoms with Gasteiger partial charge >= 0.3 is 11.9 Å². The van der Waals surface area contributed by atoms with Crippen LogP contribution >= 0.6 is 0 Å². The summed E-state index contributed by atoms with van der Waals surface area (Å²) in [5.41, 5.74) is 2.34. The second-order valence-electron chi connectivity index (χ2n) is 5.24. The molecule has 23 heavy (non-hydrogen) atoms. The largest absolute Gasteiger partial charge is 0.465 e. The molecule has 0 heterocycles. The molecule has 126 valence electrons. The standard InChI is InChI=1S/C19H26O4/c1-4-7-8-15-9-11-16(12-10-15)13-14-17(18(20)22-5-2)19(21)23-6-3/h4,9-12,17H,1,5-8,13-14H2,2-3H3. The van der Waals surface area contributed by atoms with Crippen molar-refractivity contribution in [3.05, 3.63) is 48.0 Å². The van der Waals surface area contributed by atoms with Crippen LogP contribution in [0.15, 0.2) is 36.9 Å². The highest BCUT2D eigenvalue weighted by Gasteiger charge is 2.29. The van der Waals surface area contributed by atoms with E-state index in [1.54, 1.807) is 13.8 Å². The Morgan fingerprint density at radius 2 is 1.48 bits per heavy atom. The summed E-state index contributed by atoms with van der Waals surface area (Å²) in [6.07, 6.45) is 4.84. The van der Waals surface area contributed by atoms with Crippen LogP contribution in [0.3, 0.4) is 0 Å². The highest BCUT2D eigenvalue weighted by molar-refractivity contribution is 5.94. The lowest BCUT2D eigenvalue weighted by Gasteiger charge is -2.14. The summed E-state index contributed by atoms with van der Waals surface area (Å²) in [4.78, 5) is 23.8. The molecule has 0 atom stereocenters. The van der Waals surface area contributed by atoms with E-state index in [2.05, 4.69) is 18.7 Å². The van der Waals surface area contributed by atoms with Crippen LogP contribution in [0.25, 0.3) is 0 Å². The zero-order valence-corrected chi connectivity index (χ0v) is 14.0. The van der Waals surface area contributed by atoms with Crippen LogP contribution in [-0.4, -0.2) is 25.2 Å². The number of aryl methyl sites for hydroxylation is 2. The Bertz CT molecular complexity index is 487. The number of ether oxygens (including phenoxy) is 2. The van der Waals surface area contributed by atoms with Crippen LogP contribution in [0.2, 0.25) is 0 Å². The van der Waals surface area contributed by atoms with Crippen molar-refractivity contribution in [2.24, 2.45) is 5.92 Å². The van der Waals surface area contributed by atoms with E-state index in [9.17, 15) is 9.59 Å². The lowest BCUT2D eigenvalue weighted by atomic mass is 9.98. The van der Waals surface area contributed by atoms with Gasteiger partial charge in [-0.1, -0.05) is 30.3 Å². The quantitative estimate of drug-likeness (QED) is 0.376. The molecule has 0 fully saturated rings. The molecule has 0 aliphatic rings. The summed E-state index contributed by atoms with van der Waals surface area (Å²) in [6.45, 7) is 7.68. The molecule has 0 amide bonds. The minimum atomic E-state index is -0.852. The monoisotopic (exact) mass is 318 g/mol. The summed E-state index contributed by atoms with van der Waals surface area (Å²) in [7, 11) is 0. The maximum absolute atomic E-state index is 11.9. The molecule has 0 bridgehead atoms. The van der Waals surface area contributed by atoms with Crippen molar-refractivity contribution in [1.29, 1.82) is 0 Å². The Labute approximate surface area is 138 Å². The van der Waals surface area contributed by atoms with Crippen LogP contribution in [0, 0.1) is 5.92 Å². The summed E-state index contributed by atoms with van der Waals surface area (Å²) in [5, 5.41) is 0. The SMILES string of the molecule is C=CCCc1ccc(CCC(C(=O)OCC)C(=O)OCC)cc1. The molecule has 0 spiro atoms. The van der Waals surface area contributed by atoms with Gasteiger partial charge in [-0.25, -0.2) is 0 Å². The number of hydrogen-bond donors (Lipinski definition) is 0. The van der Waals surface area contributed by atoms with Gasteiger partial charge in [-0.3, -0.25) is 9.59 Å². The second-order valence-corrected chi connectivity index (χ2v) is 5.24. The maximum Gasteiger partial charge on any atom is 0.320 e. The van der Waals surface area contributed by atoms with Crippen molar-refractivity contribution in [3.8, 4) is 0 Å². The fraction of sp³-hybridized carbons (Fsp3) is 0.474. The molecule has 4 nitrogen and oxygen atoms in total. The number of benzene rings is 1. The zero-order chi connectivity index (χ0) is 17.1. The minimum absolute atomic E-state index is 0.257. The molecule has 1 rings (SSSR count). The van der Waals surface area contributed by atoms with Crippen molar-refractivity contribution < 1.29 is 19.1 Å². The molecule has 0 saturated carbocycles. The predicted molar refractivity (Wildman–Crippen MR) is 90.0 cm³/mol. The number of rotatable bonds is 10. The van der Waals surface area contributed by atoms with Gasteiger partial charge in [-0.15, -0.1) is 6.58 Å². The molecule has 0 aromatic heterocycles. The topological polar surface area (TPSA) is 52.6 Å². The van der Waals surface area contributed by atoms with Gasteiger partial charge in [0.2, 0.25) is 0 Å². The average molecular weight is 318 g/mol. The Morgan fingerprint density at radius 1 is 1.00 bits per heavy atom. The summed E-state index contributed by atoms with van der Waals surface area (Å²) in [6, 6.07) is 8.21. The Hall–Kier alpha value is -2.10. The Balaban J connectivity index is 2.64. The molecule has 1 aromatic rings. The molecule has 0 saturated heterocycles. The lowest BCUT2D eigenvalue weighted by Crippen LogP contribution is -2.28. The van der Waals surface area contributed by atoms with Crippen molar-refractivity contribution in [3.63, 3.8) is 0 Å². The van der Waals surface area contributed by atoms with Crippen LogP contribution in [0.4, 0.5) is 0 Å². The van der Waals surface area contributed by atoms with Crippen molar-refractivity contribution in [2.75, 3.05) is 13.2 Å². The van der Waals surface area contributed by atoms with Gasteiger partial charge in [-0.2, -0.15) is 0 Å². The van der Waals surface area contributed by atoms with E-state index >= 15 is 0 Å². The molecular formula is C19H26O4. The number of carbonyl (C=O) groups excluding carboxylic acids is 2. The molecule has 0 unspecified atom stereocenters. The van der Waals surface area contributed by atoms with E-state index in [1.165, 1.54) is 5.56 Å². The third-order valence-electron chi connectivity index (χ3n) is 3.52. The van der Waals surface area contributed by atoms with Crippen LogP contribution in [0.5, 0.6) is 0 Å². The van der Waals surface area contributed by atoms with E-state index < -0.39 is 17.9 Å². The molecular weight excluding hydrogens is 292 g/mol. The first-order valence-electron chi connectivity index (χ1n) is 8.14. The van der Waals surface area contributed by atoms with E-state index in [4.69, 9.17) is 9.47 Å². The Morgan fingerprint density at radius 3 is 1.91 bits per heavy atom. The fourth-order valence-electron chi connectivity index (χ4n) is 2.27. The van der Waals surface area contributed by atoms with Gasteiger partial charge in [0.25, 0.3) is 0 Å². The van der Waals surface area contributed by atoms with Crippen LogP contribution in [-0.2, 0) is 31.9 Å². The summed E-state index contributed by atoms with van der Waals surface area (Å²) < 4.78 is 9.95. The highest BCUT2D eigenvalue weighted by Crippen LogP contribution is 2.15. The van der Waals surface area contributed by atoms with Gasteiger partial charge in [0.1, 0.15) is 0 Å². The van der Waals surface area contributed by atoms with Crippen molar-refractivity contribution >= 4 is 11.9 Å². The molecule has 0 N–H and O–H groups in total. The van der Waals surface area contributed by atoms with Gasteiger partial charge < -0.3 is 9.47 Å². The maximum atomic E-state index is 11.9. The van der Waals surface area contributed by atoms with Crippen molar-refractivity contribution in [2.45, 2.75) is 39.5 Å². The van der Waals surface area contributed by atoms with Gasteiger partial charge in [0.05, 0.1) is 13.2 Å². The highest BCUT2D eigenvalue weighted by atomic mass is 16.6. The van der Waals surface area contributed by atoms with Crippen LogP contribution < -0.4 is 0 Å². The normalized spacial score (nSPS) is 10.4. The number of carbonyl (C=O) groups is 2. The molecule has 0 aliphatic heterocycles. The fourth-order valence-corrected chi connectivity index (χ4v) is 2.27. The smallest absolute Gasteiger partial charge is 0.320 e. The van der Waals surface area contributed by atoms with Gasteiger partial charge in [-0.05, 0) is 50.7 Å². The first-order chi connectivity index (χ1) is 11.1. The molecule has 4 heteroatoms. The number of allylic oxidation sites excluding steroid dienone is 1. The van der Waals surface area contributed by atoms with E-state index in [1.807, 2.05) is 18.2 Å². The zero-order valence-electron chi connectivity index (χ0n) is 14.0. The van der Waals surface area contributed by atoms with E-state index in [-0.39, 0.29) is 13.2 Å². The molecule has 0 radical (unpaired) electrons. The van der Waals surface area contributed by atoms with Crippen LogP contribution in [0.1, 0.15) is 37.8 Å². The first-order valence-corrected chi connectivity index (χ1v) is 8.14. The molecule has 0 aliphatic carbocycles. The number of esters is 2. The summed E-state index contributed by atoms with van der Waals surface area (Å²) in [5.74, 6) is -1.86. The number of hydrogen-bond acceptors (Lipinski definition) is 4. The lowest BCUT2D eigenvalue weighted by molar-refractivity contribution is -0.161. The Kier molecular flexibility index (Phi) is 8.73. The third-order valence-corrected chi connectivity index (χ3v) is 3.52.